The molecular formula is C12H17NO2. The molecule has 0 saturated carbocycles. The van der Waals surface area contributed by atoms with Crippen LogP contribution in [0.2, 0.25) is 0 Å². The van der Waals surface area contributed by atoms with Crippen LogP contribution in [-0.2, 0) is 4.79 Å². The zero-order valence-corrected chi connectivity index (χ0v) is 8.94. The molecule has 0 aromatic heterocycles. The van der Waals surface area contributed by atoms with Crippen LogP contribution in [0.1, 0.15) is 19.8 Å². The van der Waals surface area contributed by atoms with E-state index < -0.39 is 11.4 Å². The van der Waals surface area contributed by atoms with Crippen molar-refractivity contribution in [3.05, 3.63) is 24.3 Å². The van der Waals surface area contributed by atoms with Gasteiger partial charge in [-0.05, 0) is 26.3 Å². The molecule has 0 amide bonds. The van der Waals surface area contributed by atoms with E-state index in [9.17, 15) is 9.90 Å². The van der Waals surface area contributed by atoms with Crippen molar-refractivity contribution in [2.75, 3.05) is 6.54 Å². The molecule has 3 nitrogen and oxygen atoms in total. The third kappa shape index (κ3) is 1.72. The summed E-state index contributed by atoms with van der Waals surface area (Å²) in [7, 11) is 0. The summed E-state index contributed by atoms with van der Waals surface area (Å²) in [5.41, 5.74) is -0.753. The third-order valence-electron chi connectivity index (χ3n) is 3.56. The average Bonchev–Trinajstić information content (AvgIpc) is 2.71. The van der Waals surface area contributed by atoms with Crippen LogP contribution in [0, 0.1) is 11.3 Å². The highest BCUT2D eigenvalue weighted by Gasteiger charge is 2.43. The van der Waals surface area contributed by atoms with Gasteiger partial charge in [0, 0.05) is 12.0 Å². The Morgan fingerprint density at radius 3 is 2.93 bits per heavy atom. The second-order valence-corrected chi connectivity index (χ2v) is 4.56. The molecule has 2 N–H and O–H groups in total. The van der Waals surface area contributed by atoms with Gasteiger partial charge in [0.05, 0.1) is 5.41 Å². The second-order valence-electron chi connectivity index (χ2n) is 4.56. The van der Waals surface area contributed by atoms with Crippen LogP contribution in [0.25, 0.3) is 0 Å². The van der Waals surface area contributed by atoms with Crippen LogP contribution in [0.4, 0.5) is 0 Å². The molecular weight excluding hydrogens is 190 g/mol. The van der Waals surface area contributed by atoms with Crippen molar-refractivity contribution < 1.29 is 9.90 Å². The quantitative estimate of drug-likeness (QED) is 0.722. The molecule has 15 heavy (non-hydrogen) atoms. The number of carboxylic acids is 1. The van der Waals surface area contributed by atoms with Crippen LogP contribution >= 0.6 is 0 Å². The van der Waals surface area contributed by atoms with E-state index in [1.54, 1.807) is 13.0 Å². The van der Waals surface area contributed by atoms with Crippen molar-refractivity contribution in [2.45, 2.75) is 25.8 Å². The van der Waals surface area contributed by atoms with E-state index in [1.807, 2.05) is 18.2 Å². The predicted molar refractivity (Wildman–Crippen MR) is 58.5 cm³/mol. The van der Waals surface area contributed by atoms with Crippen LogP contribution in [0.3, 0.4) is 0 Å². The molecule has 2 aliphatic rings. The highest BCUT2D eigenvalue weighted by atomic mass is 16.4. The topological polar surface area (TPSA) is 49.3 Å². The summed E-state index contributed by atoms with van der Waals surface area (Å²) in [6.07, 6.45) is 9.84. The van der Waals surface area contributed by atoms with Gasteiger partial charge in [-0.25, -0.2) is 0 Å². The zero-order valence-electron chi connectivity index (χ0n) is 8.94. The Balaban J connectivity index is 2.24. The summed E-state index contributed by atoms with van der Waals surface area (Å²) in [6, 6.07) is 0.312. The molecule has 82 valence electrons. The molecule has 1 heterocycles. The lowest BCUT2D eigenvalue weighted by Crippen LogP contribution is -2.44. The molecule has 0 aromatic carbocycles. The van der Waals surface area contributed by atoms with Gasteiger partial charge in [0.25, 0.3) is 0 Å². The van der Waals surface area contributed by atoms with E-state index >= 15 is 0 Å². The SMILES string of the molecule is CC1(C(=O)O)C=CC=CC1C1CCCN1. The van der Waals surface area contributed by atoms with E-state index in [4.69, 9.17) is 0 Å². The van der Waals surface area contributed by atoms with Crippen molar-refractivity contribution in [3.63, 3.8) is 0 Å². The molecule has 1 aliphatic heterocycles. The van der Waals surface area contributed by atoms with Crippen LogP contribution in [0.15, 0.2) is 24.3 Å². The fourth-order valence-corrected chi connectivity index (χ4v) is 2.53. The minimum absolute atomic E-state index is 0.0718. The van der Waals surface area contributed by atoms with E-state index in [0.717, 1.165) is 19.4 Å². The number of carbonyl (C=O) groups is 1. The van der Waals surface area contributed by atoms with Gasteiger partial charge in [-0.3, -0.25) is 4.79 Å². The lowest BCUT2D eigenvalue weighted by Gasteiger charge is -2.35. The molecule has 0 radical (unpaired) electrons. The van der Waals surface area contributed by atoms with Gasteiger partial charge < -0.3 is 10.4 Å². The molecule has 3 atom stereocenters. The van der Waals surface area contributed by atoms with Crippen molar-refractivity contribution in [2.24, 2.45) is 11.3 Å². The molecule has 3 unspecified atom stereocenters. The van der Waals surface area contributed by atoms with Crippen LogP contribution in [0.5, 0.6) is 0 Å². The molecule has 0 spiro atoms. The maximum absolute atomic E-state index is 11.3. The molecule has 1 aliphatic carbocycles. The van der Waals surface area contributed by atoms with E-state index in [1.165, 1.54) is 0 Å². The summed E-state index contributed by atoms with van der Waals surface area (Å²) in [4.78, 5) is 11.3. The molecule has 1 saturated heterocycles. The summed E-state index contributed by atoms with van der Waals surface area (Å²) >= 11 is 0. The van der Waals surface area contributed by atoms with Gasteiger partial charge in [-0.1, -0.05) is 24.3 Å². The number of carboxylic acid groups (broad SMARTS) is 1. The summed E-state index contributed by atoms with van der Waals surface area (Å²) < 4.78 is 0. The summed E-state index contributed by atoms with van der Waals surface area (Å²) in [6.45, 7) is 2.81. The molecule has 2 rings (SSSR count). The third-order valence-corrected chi connectivity index (χ3v) is 3.56. The Kier molecular flexibility index (Phi) is 2.65. The number of hydrogen-bond donors (Lipinski definition) is 2. The van der Waals surface area contributed by atoms with Crippen molar-refractivity contribution in [1.29, 1.82) is 0 Å². The largest absolute Gasteiger partial charge is 0.481 e. The number of nitrogens with one attached hydrogen (secondary N) is 1. The zero-order chi connectivity index (χ0) is 10.9. The van der Waals surface area contributed by atoms with Crippen LogP contribution in [-0.4, -0.2) is 23.7 Å². The van der Waals surface area contributed by atoms with Gasteiger partial charge in [0.2, 0.25) is 0 Å². The van der Waals surface area contributed by atoms with Gasteiger partial charge in [0.15, 0.2) is 0 Å². The monoisotopic (exact) mass is 207 g/mol. The average molecular weight is 207 g/mol. The lowest BCUT2D eigenvalue weighted by atomic mass is 9.70. The van der Waals surface area contributed by atoms with Gasteiger partial charge in [-0.15, -0.1) is 0 Å². The van der Waals surface area contributed by atoms with Crippen LogP contribution < -0.4 is 5.32 Å². The highest BCUT2D eigenvalue weighted by molar-refractivity contribution is 5.78. The first-order valence-electron chi connectivity index (χ1n) is 5.47. The van der Waals surface area contributed by atoms with E-state index in [2.05, 4.69) is 5.32 Å². The Labute approximate surface area is 89.9 Å². The Morgan fingerprint density at radius 1 is 1.53 bits per heavy atom. The maximum atomic E-state index is 11.3. The first kappa shape index (κ1) is 10.4. The summed E-state index contributed by atoms with van der Waals surface area (Å²) in [5, 5.41) is 12.7. The van der Waals surface area contributed by atoms with E-state index in [0.29, 0.717) is 6.04 Å². The Hall–Kier alpha value is -1.09. The van der Waals surface area contributed by atoms with E-state index in [-0.39, 0.29) is 5.92 Å². The summed E-state index contributed by atoms with van der Waals surface area (Å²) in [5.74, 6) is -0.663. The normalized spacial score (nSPS) is 39.5. The van der Waals surface area contributed by atoms with Gasteiger partial charge in [0.1, 0.15) is 0 Å². The number of hydrogen-bond acceptors (Lipinski definition) is 2. The molecule has 0 bridgehead atoms. The lowest BCUT2D eigenvalue weighted by molar-refractivity contribution is -0.147. The minimum Gasteiger partial charge on any atom is -0.481 e. The second kappa shape index (κ2) is 3.81. The van der Waals surface area contributed by atoms with Gasteiger partial charge >= 0.3 is 5.97 Å². The Bertz CT molecular complexity index is 316. The van der Waals surface area contributed by atoms with Gasteiger partial charge in [-0.2, -0.15) is 0 Å². The predicted octanol–water partition coefficient (Wildman–Crippen LogP) is 1.57. The number of aliphatic carboxylic acids is 1. The highest BCUT2D eigenvalue weighted by Crippen LogP contribution is 2.38. The number of allylic oxidation sites excluding steroid dienone is 2. The molecule has 3 heteroatoms. The minimum atomic E-state index is -0.753. The Morgan fingerprint density at radius 2 is 2.33 bits per heavy atom. The van der Waals surface area contributed by atoms with Crippen molar-refractivity contribution in [3.8, 4) is 0 Å². The molecule has 1 fully saturated rings. The number of rotatable bonds is 2. The standard InChI is InChI=1S/C12H17NO2/c1-12(11(14)15)7-3-2-5-9(12)10-6-4-8-13-10/h2-3,5,7,9-10,13H,4,6,8H2,1H3,(H,14,15). The smallest absolute Gasteiger partial charge is 0.313 e. The fraction of sp³-hybridized carbons (Fsp3) is 0.583. The fourth-order valence-electron chi connectivity index (χ4n) is 2.53. The first-order chi connectivity index (χ1) is 7.14. The van der Waals surface area contributed by atoms with Crippen molar-refractivity contribution >= 4 is 5.97 Å². The maximum Gasteiger partial charge on any atom is 0.313 e. The first-order valence-corrected chi connectivity index (χ1v) is 5.47. The van der Waals surface area contributed by atoms with Crippen molar-refractivity contribution in [1.82, 2.24) is 5.32 Å². The molecule has 0 aromatic rings.